The SMILES string of the molecule is CC(C)CN1CCN(S(=O)(=O)c2ccnc(NN)c2)CC1. The third-order valence-corrected chi connectivity index (χ3v) is 5.37. The van der Waals surface area contributed by atoms with Crippen molar-refractivity contribution >= 4 is 15.8 Å². The number of sulfonamides is 1. The molecule has 1 fully saturated rings. The number of hydrogen-bond acceptors (Lipinski definition) is 6. The highest BCUT2D eigenvalue weighted by molar-refractivity contribution is 7.89. The second-order valence-corrected chi connectivity index (χ2v) is 7.56. The Kier molecular flexibility index (Phi) is 5.15. The van der Waals surface area contributed by atoms with Crippen LogP contribution in [0.1, 0.15) is 13.8 Å². The highest BCUT2D eigenvalue weighted by Gasteiger charge is 2.28. The van der Waals surface area contributed by atoms with Gasteiger partial charge in [-0.05, 0) is 12.0 Å². The third kappa shape index (κ3) is 3.91. The minimum atomic E-state index is -3.48. The van der Waals surface area contributed by atoms with Crippen LogP contribution in [0.3, 0.4) is 0 Å². The highest BCUT2D eigenvalue weighted by Crippen LogP contribution is 2.19. The van der Waals surface area contributed by atoms with E-state index in [-0.39, 0.29) is 4.90 Å². The summed E-state index contributed by atoms with van der Waals surface area (Å²) in [4.78, 5) is 6.46. The summed E-state index contributed by atoms with van der Waals surface area (Å²) in [5.41, 5.74) is 2.37. The second kappa shape index (κ2) is 6.69. The lowest BCUT2D eigenvalue weighted by atomic mass is 10.2. The lowest BCUT2D eigenvalue weighted by Gasteiger charge is -2.34. The van der Waals surface area contributed by atoms with Crippen molar-refractivity contribution in [2.45, 2.75) is 18.7 Å². The number of piperazine rings is 1. The molecular weight excluding hydrogens is 290 g/mol. The van der Waals surface area contributed by atoms with Gasteiger partial charge in [0.15, 0.2) is 0 Å². The van der Waals surface area contributed by atoms with Crippen LogP contribution in [0, 0.1) is 5.92 Å². The van der Waals surface area contributed by atoms with E-state index in [1.807, 2.05) is 0 Å². The van der Waals surface area contributed by atoms with E-state index >= 15 is 0 Å². The van der Waals surface area contributed by atoms with E-state index in [9.17, 15) is 8.42 Å². The number of rotatable bonds is 5. The quantitative estimate of drug-likeness (QED) is 0.601. The van der Waals surface area contributed by atoms with Gasteiger partial charge >= 0.3 is 0 Å². The molecule has 1 aliphatic heterocycles. The molecular formula is C13H23N5O2S. The summed E-state index contributed by atoms with van der Waals surface area (Å²) in [5.74, 6) is 6.21. The fourth-order valence-corrected chi connectivity index (χ4v) is 3.90. The van der Waals surface area contributed by atoms with Gasteiger partial charge in [-0.3, -0.25) is 0 Å². The zero-order valence-electron chi connectivity index (χ0n) is 12.5. The van der Waals surface area contributed by atoms with Crippen molar-refractivity contribution in [3.8, 4) is 0 Å². The van der Waals surface area contributed by atoms with Gasteiger partial charge in [-0.2, -0.15) is 4.31 Å². The predicted octanol–water partition coefficient (Wildman–Crippen LogP) is 0.330. The van der Waals surface area contributed by atoms with Crippen molar-refractivity contribution in [1.82, 2.24) is 14.2 Å². The molecule has 0 atom stereocenters. The molecule has 3 N–H and O–H groups in total. The molecule has 1 saturated heterocycles. The first-order chi connectivity index (χ1) is 9.93. The van der Waals surface area contributed by atoms with Gasteiger partial charge in [0.1, 0.15) is 5.82 Å². The summed E-state index contributed by atoms with van der Waals surface area (Å²) in [6.07, 6.45) is 1.44. The molecule has 1 aliphatic rings. The molecule has 0 aliphatic carbocycles. The molecule has 2 heterocycles. The molecule has 7 nitrogen and oxygen atoms in total. The van der Waals surface area contributed by atoms with Gasteiger partial charge in [-0.25, -0.2) is 19.2 Å². The molecule has 21 heavy (non-hydrogen) atoms. The van der Waals surface area contributed by atoms with Crippen molar-refractivity contribution in [3.05, 3.63) is 18.3 Å². The Morgan fingerprint density at radius 3 is 2.57 bits per heavy atom. The van der Waals surface area contributed by atoms with Crippen LogP contribution in [-0.4, -0.2) is 55.3 Å². The molecule has 0 bridgehead atoms. The molecule has 0 aromatic carbocycles. The number of hydrogen-bond donors (Lipinski definition) is 2. The van der Waals surface area contributed by atoms with Gasteiger partial charge in [0, 0.05) is 45.0 Å². The fourth-order valence-electron chi connectivity index (χ4n) is 2.47. The fraction of sp³-hybridized carbons (Fsp3) is 0.615. The Hall–Kier alpha value is -1.22. The number of hydrazine groups is 1. The van der Waals surface area contributed by atoms with Crippen LogP contribution in [0.5, 0.6) is 0 Å². The molecule has 8 heteroatoms. The molecule has 0 saturated carbocycles. The topological polar surface area (TPSA) is 91.6 Å². The number of nitrogens with two attached hydrogens (primary N) is 1. The lowest BCUT2D eigenvalue weighted by Crippen LogP contribution is -2.49. The van der Waals surface area contributed by atoms with Crippen LogP contribution in [0.25, 0.3) is 0 Å². The Morgan fingerprint density at radius 1 is 1.33 bits per heavy atom. The average molecular weight is 313 g/mol. The zero-order chi connectivity index (χ0) is 15.5. The summed E-state index contributed by atoms with van der Waals surface area (Å²) in [7, 11) is -3.48. The minimum Gasteiger partial charge on any atom is -0.308 e. The molecule has 0 spiro atoms. The summed E-state index contributed by atoms with van der Waals surface area (Å²) in [5, 5.41) is 0. The van der Waals surface area contributed by atoms with Crippen molar-refractivity contribution in [2.24, 2.45) is 11.8 Å². The number of nitrogen functional groups attached to an aromatic ring is 1. The van der Waals surface area contributed by atoms with Crippen LogP contribution >= 0.6 is 0 Å². The molecule has 0 unspecified atom stereocenters. The van der Waals surface area contributed by atoms with Crippen LogP contribution in [-0.2, 0) is 10.0 Å². The Morgan fingerprint density at radius 2 is 2.00 bits per heavy atom. The maximum absolute atomic E-state index is 12.6. The molecule has 118 valence electrons. The van der Waals surface area contributed by atoms with E-state index in [2.05, 4.69) is 29.2 Å². The van der Waals surface area contributed by atoms with Crippen LogP contribution in [0.15, 0.2) is 23.2 Å². The van der Waals surface area contributed by atoms with Crippen LogP contribution in [0.4, 0.5) is 5.82 Å². The average Bonchev–Trinajstić information content (AvgIpc) is 2.47. The Bertz CT molecular complexity index is 568. The summed E-state index contributed by atoms with van der Waals surface area (Å²) in [6, 6.07) is 2.95. The summed E-state index contributed by atoms with van der Waals surface area (Å²) in [6.45, 7) is 7.91. The first-order valence-electron chi connectivity index (χ1n) is 7.08. The van der Waals surface area contributed by atoms with Crippen molar-refractivity contribution in [3.63, 3.8) is 0 Å². The van der Waals surface area contributed by atoms with Gasteiger partial charge in [0.25, 0.3) is 0 Å². The molecule has 0 radical (unpaired) electrons. The highest BCUT2D eigenvalue weighted by atomic mass is 32.2. The van der Waals surface area contributed by atoms with E-state index in [0.29, 0.717) is 24.8 Å². The predicted molar refractivity (Wildman–Crippen MR) is 82.1 cm³/mol. The summed E-state index contributed by atoms with van der Waals surface area (Å²) < 4.78 is 26.7. The monoisotopic (exact) mass is 313 g/mol. The van der Waals surface area contributed by atoms with Gasteiger partial charge in [-0.15, -0.1) is 0 Å². The standard InChI is InChI=1S/C13H23N5O2S/c1-11(2)10-17-5-7-18(8-6-17)21(19,20)12-3-4-15-13(9-12)16-14/h3-4,9,11H,5-8,10,14H2,1-2H3,(H,15,16). The van der Waals surface area contributed by atoms with Crippen LogP contribution < -0.4 is 11.3 Å². The van der Waals surface area contributed by atoms with Crippen molar-refractivity contribution in [1.29, 1.82) is 0 Å². The Balaban J connectivity index is 2.07. The van der Waals surface area contributed by atoms with Crippen molar-refractivity contribution in [2.75, 3.05) is 38.1 Å². The number of nitrogens with zero attached hydrogens (tertiary/aromatic N) is 3. The smallest absolute Gasteiger partial charge is 0.243 e. The first kappa shape index (κ1) is 16.2. The van der Waals surface area contributed by atoms with Gasteiger partial charge in [0.2, 0.25) is 10.0 Å². The molecule has 1 aromatic heterocycles. The number of pyridine rings is 1. The van der Waals surface area contributed by atoms with E-state index in [1.54, 1.807) is 0 Å². The molecule has 0 amide bonds. The normalized spacial score (nSPS) is 18.1. The van der Waals surface area contributed by atoms with E-state index in [1.165, 1.54) is 22.6 Å². The van der Waals surface area contributed by atoms with Crippen LogP contribution in [0.2, 0.25) is 0 Å². The molecule has 2 rings (SSSR count). The third-order valence-electron chi connectivity index (χ3n) is 3.47. The lowest BCUT2D eigenvalue weighted by molar-refractivity contribution is 0.172. The van der Waals surface area contributed by atoms with E-state index < -0.39 is 10.0 Å². The Labute approximate surface area is 126 Å². The number of aromatic nitrogens is 1. The van der Waals surface area contributed by atoms with E-state index in [0.717, 1.165) is 19.6 Å². The minimum absolute atomic E-state index is 0.225. The summed E-state index contributed by atoms with van der Waals surface area (Å²) >= 11 is 0. The second-order valence-electron chi connectivity index (χ2n) is 5.62. The number of nitrogens with one attached hydrogen (secondary N) is 1. The maximum atomic E-state index is 12.6. The van der Waals surface area contributed by atoms with Crippen molar-refractivity contribution < 1.29 is 8.42 Å². The van der Waals surface area contributed by atoms with Gasteiger partial charge < -0.3 is 10.3 Å². The van der Waals surface area contributed by atoms with Gasteiger partial charge in [0.05, 0.1) is 4.90 Å². The van der Waals surface area contributed by atoms with Gasteiger partial charge in [-0.1, -0.05) is 13.8 Å². The first-order valence-corrected chi connectivity index (χ1v) is 8.52. The molecule has 1 aromatic rings. The zero-order valence-corrected chi connectivity index (χ0v) is 13.3. The number of anilines is 1. The maximum Gasteiger partial charge on any atom is 0.243 e. The largest absolute Gasteiger partial charge is 0.308 e. The van der Waals surface area contributed by atoms with E-state index in [4.69, 9.17) is 5.84 Å².